The maximum atomic E-state index is 6.03. The van der Waals surface area contributed by atoms with Gasteiger partial charge in [-0.15, -0.1) is 10.2 Å². The van der Waals surface area contributed by atoms with E-state index in [2.05, 4.69) is 27.4 Å². The van der Waals surface area contributed by atoms with Gasteiger partial charge in [0.2, 0.25) is 0 Å². The van der Waals surface area contributed by atoms with Crippen molar-refractivity contribution in [2.24, 2.45) is 5.10 Å². The summed E-state index contributed by atoms with van der Waals surface area (Å²) < 4.78 is 9.46. The standard InChI is InChI=1S/C21H16N6O/c1-2-6-16(7-3-1)12-26-13-18(11-24-27-14-22-23-15-27)21(25-26)20-10-17-8-4-5-9-19(17)28-20/h1-11,13-15H,12H2/b24-11-. The maximum Gasteiger partial charge on any atom is 0.156 e. The molecule has 0 unspecified atom stereocenters. The van der Waals surface area contributed by atoms with Gasteiger partial charge in [-0.3, -0.25) is 4.68 Å². The average molecular weight is 368 g/mol. The lowest BCUT2D eigenvalue weighted by atomic mass is 10.2. The molecule has 0 fully saturated rings. The van der Waals surface area contributed by atoms with E-state index in [1.165, 1.54) is 22.9 Å². The van der Waals surface area contributed by atoms with Crippen LogP contribution in [0.4, 0.5) is 0 Å². The van der Waals surface area contributed by atoms with Gasteiger partial charge < -0.3 is 4.42 Å². The van der Waals surface area contributed by atoms with Crippen molar-refractivity contribution >= 4 is 17.2 Å². The Balaban J connectivity index is 1.56. The van der Waals surface area contributed by atoms with Gasteiger partial charge >= 0.3 is 0 Å². The Labute approximate surface area is 160 Å². The second kappa shape index (κ2) is 6.96. The summed E-state index contributed by atoms with van der Waals surface area (Å²) in [7, 11) is 0. The Morgan fingerprint density at radius 1 is 0.964 bits per heavy atom. The van der Waals surface area contributed by atoms with E-state index >= 15 is 0 Å². The van der Waals surface area contributed by atoms with Crippen molar-refractivity contribution in [2.75, 3.05) is 0 Å². The Hall–Kier alpha value is -4.00. The van der Waals surface area contributed by atoms with E-state index in [4.69, 9.17) is 9.52 Å². The molecule has 7 nitrogen and oxygen atoms in total. The zero-order chi connectivity index (χ0) is 18.8. The molecular weight excluding hydrogens is 352 g/mol. The van der Waals surface area contributed by atoms with Gasteiger partial charge in [-0.05, 0) is 17.7 Å². The van der Waals surface area contributed by atoms with Gasteiger partial charge in [0.25, 0.3) is 0 Å². The first-order valence-electron chi connectivity index (χ1n) is 8.84. The first kappa shape index (κ1) is 16.2. The van der Waals surface area contributed by atoms with Crippen molar-refractivity contribution < 1.29 is 4.42 Å². The second-order valence-electron chi connectivity index (χ2n) is 6.35. The van der Waals surface area contributed by atoms with Crippen molar-refractivity contribution in [1.82, 2.24) is 24.7 Å². The molecule has 0 atom stereocenters. The molecule has 3 heterocycles. The molecule has 0 aliphatic rings. The summed E-state index contributed by atoms with van der Waals surface area (Å²) in [5.41, 5.74) is 3.59. The minimum absolute atomic E-state index is 0.661. The highest BCUT2D eigenvalue weighted by atomic mass is 16.3. The predicted octanol–water partition coefficient (Wildman–Crippen LogP) is 3.82. The number of benzene rings is 2. The normalized spacial score (nSPS) is 11.6. The van der Waals surface area contributed by atoms with E-state index in [0.29, 0.717) is 12.3 Å². The number of hydrogen-bond donors (Lipinski definition) is 0. The Morgan fingerprint density at radius 2 is 1.75 bits per heavy atom. The van der Waals surface area contributed by atoms with Crippen LogP contribution in [0.25, 0.3) is 22.4 Å². The monoisotopic (exact) mass is 368 g/mol. The highest BCUT2D eigenvalue weighted by molar-refractivity contribution is 5.90. The zero-order valence-corrected chi connectivity index (χ0v) is 14.9. The number of fused-ring (bicyclic) bond motifs is 1. The van der Waals surface area contributed by atoms with Gasteiger partial charge in [0, 0.05) is 17.1 Å². The van der Waals surface area contributed by atoms with Crippen LogP contribution in [-0.2, 0) is 6.54 Å². The lowest BCUT2D eigenvalue weighted by Crippen LogP contribution is -1.99. The third-order valence-electron chi connectivity index (χ3n) is 4.37. The fourth-order valence-corrected chi connectivity index (χ4v) is 3.06. The van der Waals surface area contributed by atoms with Gasteiger partial charge in [0.1, 0.15) is 23.9 Å². The van der Waals surface area contributed by atoms with Crippen LogP contribution >= 0.6 is 0 Å². The van der Waals surface area contributed by atoms with Gasteiger partial charge in [-0.1, -0.05) is 48.5 Å². The highest BCUT2D eigenvalue weighted by Gasteiger charge is 2.15. The van der Waals surface area contributed by atoms with Crippen LogP contribution in [0, 0.1) is 0 Å². The Morgan fingerprint density at radius 3 is 2.57 bits per heavy atom. The molecule has 28 heavy (non-hydrogen) atoms. The number of rotatable bonds is 5. The molecule has 0 radical (unpaired) electrons. The maximum absolute atomic E-state index is 6.03. The van der Waals surface area contributed by atoms with Crippen molar-refractivity contribution in [3.63, 3.8) is 0 Å². The molecule has 0 spiro atoms. The van der Waals surface area contributed by atoms with Crippen LogP contribution in [0.1, 0.15) is 11.1 Å². The lowest BCUT2D eigenvalue weighted by molar-refractivity contribution is 0.621. The van der Waals surface area contributed by atoms with E-state index in [9.17, 15) is 0 Å². The smallest absolute Gasteiger partial charge is 0.156 e. The van der Waals surface area contributed by atoms with E-state index in [1.807, 2.05) is 59.4 Å². The summed E-state index contributed by atoms with van der Waals surface area (Å²) in [4.78, 5) is 0. The minimum Gasteiger partial charge on any atom is -0.454 e. The molecule has 7 heteroatoms. The third kappa shape index (κ3) is 3.21. The molecule has 0 aliphatic heterocycles. The van der Waals surface area contributed by atoms with Crippen LogP contribution in [-0.4, -0.2) is 30.9 Å². The first-order valence-corrected chi connectivity index (χ1v) is 8.84. The highest BCUT2D eigenvalue weighted by Crippen LogP contribution is 2.28. The molecule has 5 rings (SSSR count). The van der Waals surface area contributed by atoms with Crippen LogP contribution in [0.5, 0.6) is 0 Å². The molecule has 3 aromatic heterocycles. The summed E-state index contributed by atoms with van der Waals surface area (Å²) >= 11 is 0. The number of para-hydroxylation sites is 1. The number of aromatic nitrogens is 5. The predicted molar refractivity (Wildman–Crippen MR) is 106 cm³/mol. The summed E-state index contributed by atoms with van der Waals surface area (Å²) in [5, 5.41) is 17.7. The second-order valence-corrected chi connectivity index (χ2v) is 6.35. The minimum atomic E-state index is 0.661. The molecule has 0 bridgehead atoms. The molecule has 5 aromatic rings. The number of nitrogens with zero attached hydrogens (tertiary/aromatic N) is 6. The van der Waals surface area contributed by atoms with Crippen LogP contribution in [0.3, 0.4) is 0 Å². The van der Waals surface area contributed by atoms with Crippen molar-refractivity contribution in [1.29, 1.82) is 0 Å². The first-order chi connectivity index (χ1) is 13.8. The van der Waals surface area contributed by atoms with Crippen molar-refractivity contribution in [3.8, 4) is 11.5 Å². The zero-order valence-electron chi connectivity index (χ0n) is 14.9. The third-order valence-corrected chi connectivity index (χ3v) is 4.37. The van der Waals surface area contributed by atoms with Crippen LogP contribution in [0.15, 0.2) is 89.0 Å². The van der Waals surface area contributed by atoms with Gasteiger partial charge in [-0.25, -0.2) is 4.68 Å². The van der Waals surface area contributed by atoms with E-state index in [0.717, 1.165) is 22.2 Å². The van der Waals surface area contributed by atoms with Crippen molar-refractivity contribution in [3.05, 3.63) is 90.6 Å². The largest absolute Gasteiger partial charge is 0.454 e. The molecule has 136 valence electrons. The molecule has 0 saturated carbocycles. The summed E-state index contributed by atoms with van der Waals surface area (Å²) in [5.74, 6) is 0.707. The van der Waals surface area contributed by atoms with E-state index < -0.39 is 0 Å². The molecule has 0 saturated heterocycles. The summed E-state index contributed by atoms with van der Waals surface area (Å²) in [6.07, 6.45) is 6.77. The van der Waals surface area contributed by atoms with E-state index in [-0.39, 0.29) is 0 Å². The average Bonchev–Trinajstić information content (AvgIpc) is 3.46. The molecule has 0 N–H and O–H groups in total. The van der Waals surface area contributed by atoms with Gasteiger partial charge in [0.05, 0.1) is 12.8 Å². The van der Waals surface area contributed by atoms with Crippen molar-refractivity contribution in [2.45, 2.75) is 6.54 Å². The van der Waals surface area contributed by atoms with Gasteiger partial charge in [0.15, 0.2) is 5.76 Å². The molecule has 0 amide bonds. The van der Waals surface area contributed by atoms with E-state index in [1.54, 1.807) is 6.21 Å². The number of furan rings is 1. The van der Waals surface area contributed by atoms with Crippen LogP contribution < -0.4 is 0 Å². The Kier molecular flexibility index (Phi) is 4.02. The number of hydrogen-bond acceptors (Lipinski definition) is 5. The topological polar surface area (TPSA) is 74.0 Å². The van der Waals surface area contributed by atoms with Crippen LogP contribution in [0.2, 0.25) is 0 Å². The quantitative estimate of drug-likeness (QED) is 0.442. The lowest BCUT2D eigenvalue weighted by Gasteiger charge is -2.00. The van der Waals surface area contributed by atoms with Gasteiger partial charge in [-0.2, -0.15) is 10.2 Å². The molecule has 0 aliphatic carbocycles. The SMILES string of the molecule is C(=N/n1cnnc1)/c1cn(Cc2ccccc2)nc1-c1cc2ccccc2o1. The Bertz CT molecular complexity index is 1200. The fraction of sp³-hybridized carbons (Fsp3) is 0.0476. The summed E-state index contributed by atoms with van der Waals surface area (Å²) in [6.45, 7) is 0.661. The molecular formula is C21H16N6O. The molecule has 2 aromatic carbocycles. The fourth-order valence-electron chi connectivity index (χ4n) is 3.06. The summed E-state index contributed by atoms with van der Waals surface area (Å²) in [6, 6.07) is 20.1.